The second-order valence-corrected chi connectivity index (χ2v) is 10.5. The van der Waals surface area contributed by atoms with Crippen molar-refractivity contribution in [2.75, 3.05) is 13.1 Å². The lowest BCUT2D eigenvalue weighted by atomic mass is 9.99. The quantitative estimate of drug-likeness (QED) is 0.217. The number of aliphatic imine (C=N–C) groups is 1. The van der Waals surface area contributed by atoms with Crippen LogP contribution in [0.3, 0.4) is 0 Å². The summed E-state index contributed by atoms with van der Waals surface area (Å²) in [6.07, 6.45) is 2.15. The number of nitrogens with one attached hydrogen (secondary N) is 2. The fraction of sp³-hybridized carbons (Fsp3) is 0.391. The van der Waals surface area contributed by atoms with Gasteiger partial charge in [-0.3, -0.25) is 17.9 Å². The maximum absolute atomic E-state index is 12.8. The Labute approximate surface area is 216 Å². The van der Waals surface area contributed by atoms with Gasteiger partial charge in [-0.05, 0) is 51.3 Å². The highest BCUT2D eigenvalue weighted by Gasteiger charge is 2.32. The van der Waals surface area contributed by atoms with Gasteiger partial charge in [-0.1, -0.05) is 23.7 Å². The van der Waals surface area contributed by atoms with Crippen LogP contribution in [0, 0.1) is 20.8 Å². The van der Waals surface area contributed by atoms with Gasteiger partial charge in [-0.25, -0.2) is 0 Å². The Morgan fingerprint density at radius 1 is 1.15 bits per heavy atom. The first-order valence-corrected chi connectivity index (χ1v) is 13.1. The lowest BCUT2D eigenvalue weighted by Crippen LogP contribution is -2.26. The van der Waals surface area contributed by atoms with Crippen molar-refractivity contribution in [1.82, 2.24) is 23.6 Å². The third kappa shape index (κ3) is 5.16. The molecule has 2 aromatic heterocycles. The molecule has 0 spiro atoms. The number of carbonyl (C=O) groups is 1. The monoisotopic (exact) mass is 596 g/mol. The van der Waals surface area contributed by atoms with Crippen LogP contribution in [0.5, 0.6) is 0 Å². The SMILES string of the molecule is Cc1sc2c(c1C)C(c1ccc(Cl)cc1)=N[C@@H](CC(=O)NCCCCNI)c1nnc(C)n1-2. The highest BCUT2D eigenvalue weighted by Crippen LogP contribution is 2.39. The van der Waals surface area contributed by atoms with Gasteiger partial charge in [0.25, 0.3) is 0 Å². The normalized spacial score (nSPS) is 14.9. The second kappa shape index (κ2) is 10.6. The number of unbranched alkanes of at least 4 members (excludes halogenated alkanes) is 1. The average Bonchev–Trinajstić information content (AvgIpc) is 3.26. The van der Waals surface area contributed by atoms with Crippen molar-refractivity contribution < 1.29 is 4.79 Å². The Balaban J connectivity index is 1.73. The molecule has 10 heteroatoms. The summed E-state index contributed by atoms with van der Waals surface area (Å²) in [6.45, 7) is 7.75. The lowest BCUT2D eigenvalue weighted by Gasteiger charge is -2.13. The van der Waals surface area contributed by atoms with Crippen LogP contribution in [0.1, 0.15) is 58.5 Å². The van der Waals surface area contributed by atoms with Gasteiger partial charge < -0.3 is 5.32 Å². The van der Waals surface area contributed by atoms with Gasteiger partial charge in [-0.2, -0.15) is 0 Å². The number of fused-ring (bicyclic) bond motifs is 3. The maximum Gasteiger partial charge on any atom is 0.222 e. The first-order valence-electron chi connectivity index (χ1n) is 10.9. The minimum atomic E-state index is -0.438. The molecular weight excluding hydrogens is 571 g/mol. The summed E-state index contributed by atoms with van der Waals surface area (Å²) in [4.78, 5) is 19.2. The number of hydrogen-bond donors (Lipinski definition) is 2. The first kappa shape index (κ1) is 24.3. The van der Waals surface area contributed by atoms with E-state index in [1.165, 1.54) is 10.4 Å². The summed E-state index contributed by atoms with van der Waals surface area (Å²) in [5, 5.41) is 13.5. The number of thiophene rings is 1. The number of amides is 1. The van der Waals surface area contributed by atoms with Crippen molar-refractivity contribution in [3.63, 3.8) is 0 Å². The number of benzene rings is 1. The minimum absolute atomic E-state index is 0.0352. The molecule has 0 bridgehead atoms. The van der Waals surface area contributed by atoms with Gasteiger partial charge in [0.15, 0.2) is 5.82 Å². The lowest BCUT2D eigenvalue weighted by molar-refractivity contribution is -0.121. The van der Waals surface area contributed by atoms with E-state index in [0.717, 1.165) is 47.1 Å². The Morgan fingerprint density at radius 3 is 2.61 bits per heavy atom. The largest absolute Gasteiger partial charge is 0.356 e. The van der Waals surface area contributed by atoms with Gasteiger partial charge in [0.05, 0.1) is 12.1 Å². The molecule has 174 valence electrons. The molecule has 3 heterocycles. The van der Waals surface area contributed by atoms with E-state index in [0.29, 0.717) is 17.4 Å². The Morgan fingerprint density at radius 2 is 1.88 bits per heavy atom. The molecule has 2 N–H and O–H groups in total. The Kier molecular flexibility index (Phi) is 7.83. The predicted octanol–water partition coefficient (Wildman–Crippen LogP) is 5.03. The zero-order valence-corrected chi connectivity index (χ0v) is 22.5. The van der Waals surface area contributed by atoms with Gasteiger partial charge in [0.1, 0.15) is 16.9 Å². The summed E-state index contributed by atoms with van der Waals surface area (Å²) >= 11 is 9.99. The van der Waals surface area contributed by atoms with Crippen molar-refractivity contribution in [2.45, 2.75) is 46.1 Å². The summed E-state index contributed by atoms with van der Waals surface area (Å²) in [5.41, 5.74) is 4.07. The molecule has 3 aromatic rings. The molecule has 0 radical (unpaired) electrons. The van der Waals surface area contributed by atoms with Crippen LogP contribution in [0.15, 0.2) is 29.3 Å². The van der Waals surface area contributed by atoms with E-state index in [9.17, 15) is 4.79 Å². The average molecular weight is 597 g/mol. The van der Waals surface area contributed by atoms with Crippen molar-refractivity contribution in [2.24, 2.45) is 4.99 Å². The van der Waals surface area contributed by atoms with Crippen LogP contribution in [-0.4, -0.2) is 39.5 Å². The Hall–Kier alpha value is -1.82. The van der Waals surface area contributed by atoms with Gasteiger partial charge >= 0.3 is 0 Å². The number of aromatic nitrogens is 3. The van der Waals surface area contributed by atoms with Crippen LogP contribution in [0.4, 0.5) is 0 Å². The molecule has 1 aliphatic heterocycles. The highest BCUT2D eigenvalue weighted by molar-refractivity contribution is 14.1. The molecule has 0 saturated heterocycles. The molecule has 0 saturated carbocycles. The van der Waals surface area contributed by atoms with Crippen LogP contribution in [-0.2, 0) is 4.79 Å². The topological polar surface area (TPSA) is 84.2 Å². The number of aryl methyl sites for hydroxylation is 2. The third-order valence-corrected chi connectivity index (χ3v) is 7.74. The fourth-order valence-electron chi connectivity index (χ4n) is 3.92. The summed E-state index contributed by atoms with van der Waals surface area (Å²) in [5.74, 6) is 1.45. The number of halogens is 2. The molecule has 7 nitrogen and oxygen atoms in total. The first-order chi connectivity index (χ1) is 15.9. The van der Waals surface area contributed by atoms with E-state index in [1.54, 1.807) is 11.3 Å². The zero-order chi connectivity index (χ0) is 23.5. The molecule has 4 rings (SSSR count). The van der Waals surface area contributed by atoms with Crippen molar-refractivity contribution in [3.8, 4) is 5.00 Å². The summed E-state index contributed by atoms with van der Waals surface area (Å²) in [6, 6.07) is 7.27. The number of hydrogen-bond acceptors (Lipinski definition) is 6. The summed E-state index contributed by atoms with van der Waals surface area (Å²) in [7, 11) is 0. The second-order valence-electron chi connectivity index (χ2n) is 8.05. The molecule has 1 atom stereocenters. The molecule has 33 heavy (non-hydrogen) atoms. The number of rotatable bonds is 8. The third-order valence-electron chi connectivity index (χ3n) is 5.76. The van der Waals surface area contributed by atoms with Crippen LogP contribution >= 0.6 is 45.8 Å². The van der Waals surface area contributed by atoms with Crippen molar-refractivity contribution in [1.29, 1.82) is 0 Å². The molecular formula is C23H26ClIN6OS. The van der Waals surface area contributed by atoms with Crippen LogP contribution < -0.4 is 8.85 Å². The molecule has 0 fully saturated rings. The predicted molar refractivity (Wildman–Crippen MR) is 142 cm³/mol. The van der Waals surface area contributed by atoms with Crippen molar-refractivity contribution in [3.05, 3.63) is 62.5 Å². The standard InChI is InChI=1S/C23H26ClIN6OS/c1-13-14(2)33-23-20(13)21(16-6-8-17(24)9-7-16)28-18(22-30-29-15(3)31(22)23)12-19(32)26-10-4-5-11-27-25/h6-9,18,27H,4-5,10-12H2,1-3H3,(H,26,32)/t18-/m0/s1. The molecule has 0 aliphatic carbocycles. The van der Waals surface area contributed by atoms with Gasteiger partial charge in [0, 0.05) is 57.0 Å². The van der Waals surface area contributed by atoms with E-state index in [4.69, 9.17) is 16.6 Å². The molecule has 1 amide bonds. The minimum Gasteiger partial charge on any atom is -0.356 e. The summed E-state index contributed by atoms with van der Waals surface area (Å²) < 4.78 is 5.16. The van der Waals surface area contributed by atoms with Gasteiger partial charge in [0.2, 0.25) is 5.91 Å². The van der Waals surface area contributed by atoms with E-state index >= 15 is 0 Å². The number of nitrogens with zero attached hydrogens (tertiary/aromatic N) is 4. The maximum atomic E-state index is 12.8. The Bertz CT molecular complexity index is 1190. The fourth-order valence-corrected chi connectivity index (χ4v) is 5.65. The zero-order valence-electron chi connectivity index (χ0n) is 18.8. The molecule has 0 unspecified atom stereocenters. The van der Waals surface area contributed by atoms with E-state index < -0.39 is 6.04 Å². The molecule has 1 aliphatic rings. The van der Waals surface area contributed by atoms with E-state index in [2.05, 4.69) is 60.3 Å². The van der Waals surface area contributed by atoms with Crippen LogP contribution in [0.2, 0.25) is 5.02 Å². The van der Waals surface area contributed by atoms with E-state index in [-0.39, 0.29) is 12.3 Å². The number of carbonyl (C=O) groups excluding carboxylic acids is 1. The van der Waals surface area contributed by atoms with Crippen LogP contribution in [0.25, 0.3) is 5.00 Å². The van der Waals surface area contributed by atoms with E-state index in [1.807, 2.05) is 31.2 Å². The van der Waals surface area contributed by atoms with Gasteiger partial charge in [-0.15, -0.1) is 21.5 Å². The highest BCUT2D eigenvalue weighted by atomic mass is 127. The smallest absolute Gasteiger partial charge is 0.222 e. The van der Waals surface area contributed by atoms with Crippen molar-refractivity contribution >= 4 is 57.4 Å². The molecule has 1 aromatic carbocycles.